The predicted molar refractivity (Wildman–Crippen MR) is 87.6 cm³/mol. The molecular formula is C15H27N3O2S. The lowest BCUT2D eigenvalue weighted by Gasteiger charge is -2.10. The van der Waals surface area contributed by atoms with Crippen molar-refractivity contribution in [1.82, 2.24) is 14.9 Å². The highest BCUT2D eigenvalue weighted by atomic mass is 32.2. The minimum atomic E-state index is -3.24. The number of unbranched alkanes of at least 4 members (excludes halogenated alkanes) is 1. The van der Waals surface area contributed by atoms with Gasteiger partial charge in [0, 0.05) is 13.1 Å². The van der Waals surface area contributed by atoms with Crippen LogP contribution in [0.1, 0.15) is 24.0 Å². The molecule has 0 radical (unpaired) electrons. The largest absolute Gasteiger partial charge is 0.316 e. The maximum Gasteiger partial charge on any atom is 0.215 e. The molecule has 0 amide bonds. The van der Waals surface area contributed by atoms with Gasteiger partial charge in [-0.1, -0.05) is 24.3 Å². The zero-order chi connectivity index (χ0) is 15.7. The molecule has 0 unspecified atom stereocenters. The summed E-state index contributed by atoms with van der Waals surface area (Å²) >= 11 is 0. The molecule has 6 heteroatoms. The molecule has 120 valence electrons. The van der Waals surface area contributed by atoms with E-state index in [1.807, 2.05) is 45.4 Å². The number of sulfonamides is 1. The van der Waals surface area contributed by atoms with Gasteiger partial charge in [-0.2, -0.15) is 0 Å². The SMILES string of the molecule is CNCc1ccc(CS(=O)(=O)NCCCCN(C)C)cc1. The predicted octanol–water partition coefficient (Wildman–Crippen LogP) is 1.17. The first kappa shape index (κ1) is 18.1. The van der Waals surface area contributed by atoms with Gasteiger partial charge in [0.15, 0.2) is 0 Å². The van der Waals surface area contributed by atoms with Crippen molar-refractivity contribution < 1.29 is 8.42 Å². The summed E-state index contributed by atoms with van der Waals surface area (Å²) in [6.45, 7) is 2.28. The van der Waals surface area contributed by atoms with E-state index < -0.39 is 10.0 Å². The molecular weight excluding hydrogens is 286 g/mol. The van der Waals surface area contributed by atoms with Gasteiger partial charge in [0.1, 0.15) is 0 Å². The van der Waals surface area contributed by atoms with Gasteiger partial charge in [-0.25, -0.2) is 13.1 Å². The van der Waals surface area contributed by atoms with Gasteiger partial charge in [0.2, 0.25) is 10.0 Å². The molecule has 1 aromatic carbocycles. The summed E-state index contributed by atoms with van der Waals surface area (Å²) in [6, 6.07) is 7.66. The molecule has 5 nitrogen and oxygen atoms in total. The molecule has 0 heterocycles. The number of nitrogens with one attached hydrogen (secondary N) is 2. The third kappa shape index (κ3) is 8.16. The van der Waals surface area contributed by atoms with Crippen LogP contribution in [0.4, 0.5) is 0 Å². The summed E-state index contributed by atoms with van der Waals surface area (Å²) < 4.78 is 26.6. The van der Waals surface area contributed by atoms with Crippen LogP contribution in [0.5, 0.6) is 0 Å². The van der Waals surface area contributed by atoms with Crippen LogP contribution in [0.25, 0.3) is 0 Å². The van der Waals surface area contributed by atoms with Gasteiger partial charge in [-0.15, -0.1) is 0 Å². The lowest BCUT2D eigenvalue weighted by atomic mass is 10.1. The van der Waals surface area contributed by atoms with E-state index in [9.17, 15) is 8.42 Å². The fourth-order valence-corrected chi connectivity index (χ4v) is 3.20. The summed E-state index contributed by atoms with van der Waals surface area (Å²) in [5.74, 6) is 0.0422. The van der Waals surface area contributed by atoms with Gasteiger partial charge in [0.25, 0.3) is 0 Å². The Bertz CT molecular complexity index is 498. The lowest BCUT2D eigenvalue weighted by Crippen LogP contribution is -2.26. The van der Waals surface area contributed by atoms with Crippen molar-refractivity contribution in [2.24, 2.45) is 0 Å². The van der Waals surface area contributed by atoms with E-state index in [1.54, 1.807) is 0 Å². The minimum Gasteiger partial charge on any atom is -0.316 e. The maximum absolute atomic E-state index is 12.0. The second-order valence-electron chi connectivity index (χ2n) is 5.51. The fourth-order valence-electron chi connectivity index (χ4n) is 2.01. The molecule has 0 aliphatic carbocycles. The third-order valence-corrected chi connectivity index (χ3v) is 4.47. The number of rotatable bonds is 10. The first-order valence-corrected chi connectivity index (χ1v) is 8.92. The van der Waals surface area contributed by atoms with Crippen molar-refractivity contribution in [3.05, 3.63) is 35.4 Å². The third-order valence-electron chi connectivity index (χ3n) is 3.11. The van der Waals surface area contributed by atoms with Crippen LogP contribution in [0.2, 0.25) is 0 Å². The Kier molecular flexibility index (Phi) is 7.88. The molecule has 0 fully saturated rings. The van der Waals surface area contributed by atoms with Gasteiger partial charge in [-0.05, 0) is 51.7 Å². The van der Waals surface area contributed by atoms with Crippen LogP contribution in [0.15, 0.2) is 24.3 Å². The number of nitrogens with zero attached hydrogens (tertiary/aromatic N) is 1. The summed E-state index contributed by atoms with van der Waals surface area (Å²) in [5, 5.41) is 3.07. The molecule has 0 bridgehead atoms. The second kappa shape index (κ2) is 9.15. The van der Waals surface area contributed by atoms with E-state index >= 15 is 0 Å². The van der Waals surface area contributed by atoms with Gasteiger partial charge >= 0.3 is 0 Å². The standard InChI is InChI=1S/C15H27N3O2S/c1-16-12-14-6-8-15(9-7-14)13-21(19,20)17-10-4-5-11-18(2)3/h6-9,16-17H,4-5,10-13H2,1-3H3. The Balaban J connectivity index is 2.37. The smallest absolute Gasteiger partial charge is 0.215 e. The molecule has 2 N–H and O–H groups in total. The molecule has 21 heavy (non-hydrogen) atoms. The Morgan fingerprint density at radius 3 is 2.24 bits per heavy atom. The van der Waals surface area contributed by atoms with E-state index in [1.165, 1.54) is 0 Å². The Morgan fingerprint density at radius 2 is 1.67 bits per heavy atom. The van der Waals surface area contributed by atoms with Crippen LogP contribution < -0.4 is 10.0 Å². The highest BCUT2D eigenvalue weighted by Gasteiger charge is 2.10. The van der Waals surface area contributed by atoms with Crippen LogP contribution in [-0.2, 0) is 22.3 Å². The Labute approximate surface area is 128 Å². The maximum atomic E-state index is 12.0. The van der Waals surface area contributed by atoms with Crippen LogP contribution >= 0.6 is 0 Å². The van der Waals surface area contributed by atoms with Crippen LogP contribution in [-0.4, -0.2) is 47.6 Å². The molecule has 0 saturated heterocycles. The number of hydrogen-bond acceptors (Lipinski definition) is 4. The van der Waals surface area contributed by atoms with Crippen molar-refractivity contribution in [2.75, 3.05) is 34.2 Å². The average molecular weight is 313 g/mol. The topological polar surface area (TPSA) is 61.4 Å². The summed E-state index contributed by atoms with van der Waals surface area (Å²) in [5.41, 5.74) is 1.96. The van der Waals surface area contributed by atoms with Crippen molar-refractivity contribution in [3.8, 4) is 0 Å². The molecule has 0 aliphatic heterocycles. The van der Waals surface area contributed by atoms with E-state index in [0.717, 1.165) is 37.1 Å². The van der Waals surface area contributed by atoms with E-state index in [2.05, 4.69) is 14.9 Å². The molecule has 0 atom stereocenters. The Hall–Kier alpha value is -0.950. The quantitative estimate of drug-likeness (QED) is 0.637. The van der Waals surface area contributed by atoms with E-state index in [0.29, 0.717) is 6.54 Å². The fraction of sp³-hybridized carbons (Fsp3) is 0.600. The van der Waals surface area contributed by atoms with E-state index in [4.69, 9.17) is 0 Å². The van der Waals surface area contributed by atoms with Crippen molar-refractivity contribution in [3.63, 3.8) is 0 Å². The Morgan fingerprint density at radius 1 is 1.05 bits per heavy atom. The molecule has 0 saturated carbocycles. The zero-order valence-electron chi connectivity index (χ0n) is 13.2. The molecule has 1 aromatic rings. The van der Waals surface area contributed by atoms with Gasteiger partial charge < -0.3 is 10.2 Å². The van der Waals surface area contributed by atoms with Crippen molar-refractivity contribution >= 4 is 10.0 Å². The summed E-state index contributed by atoms with van der Waals surface area (Å²) in [6.07, 6.45) is 1.85. The van der Waals surface area contributed by atoms with Crippen LogP contribution in [0, 0.1) is 0 Å². The molecule has 1 rings (SSSR count). The average Bonchev–Trinajstić information content (AvgIpc) is 2.40. The lowest BCUT2D eigenvalue weighted by molar-refractivity contribution is 0.394. The number of hydrogen-bond donors (Lipinski definition) is 2. The summed E-state index contributed by atoms with van der Waals surface area (Å²) in [4.78, 5) is 2.10. The minimum absolute atomic E-state index is 0.0422. The van der Waals surface area contributed by atoms with Crippen molar-refractivity contribution in [1.29, 1.82) is 0 Å². The summed E-state index contributed by atoms with van der Waals surface area (Å²) in [7, 11) is 2.68. The zero-order valence-corrected chi connectivity index (χ0v) is 14.0. The van der Waals surface area contributed by atoms with Crippen LogP contribution in [0.3, 0.4) is 0 Å². The highest BCUT2D eigenvalue weighted by Crippen LogP contribution is 2.08. The first-order valence-electron chi connectivity index (χ1n) is 7.27. The highest BCUT2D eigenvalue weighted by molar-refractivity contribution is 7.88. The van der Waals surface area contributed by atoms with Crippen molar-refractivity contribution in [2.45, 2.75) is 25.1 Å². The van der Waals surface area contributed by atoms with Gasteiger partial charge in [0.05, 0.1) is 5.75 Å². The molecule has 0 aromatic heterocycles. The van der Waals surface area contributed by atoms with E-state index in [-0.39, 0.29) is 5.75 Å². The monoisotopic (exact) mass is 313 g/mol. The second-order valence-corrected chi connectivity index (χ2v) is 7.32. The normalized spacial score (nSPS) is 12.0. The number of benzene rings is 1. The molecule has 0 aliphatic rings. The molecule has 0 spiro atoms. The van der Waals surface area contributed by atoms with Gasteiger partial charge in [-0.3, -0.25) is 0 Å². The first-order chi connectivity index (χ1) is 9.93.